The first-order chi connectivity index (χ1) is 10.5. The maximum absolute atomic E-state index is 12.0. The fourth-order valence-corrected chi connectivity index (χ4v) is 2.37. The molecule has 0 radical (unpaired) electrons. The molecular weight excluding hydrogens is 344 g/mol. The molecule has 0 aliphatic heterocycles. The van der Waals surface area contributed by atoms with E-state index in [-0.39, 0.29) is 18.4 Å². The molecule has 2 N–H and O–H groups in total. The summed E-state index contributed by atoms with van der Waals surface area (Å²) in [6.07, 6.45) is 0. The summed E-state index contributed by atoms with van der Waals surface area (Å²) in [5.41, 5.74) is 3.40. The van der Waals surface area contributed by atoms with Crippen molar-refractivity contribution in [2.24, 2.45) is 0 Å². The van der Waals surface area contributed by atoms with Gasteiger partial charge in [-0.3, -0.25) is 9.59 Å². The second-order valence-electron chi connectivity index (χ2n) is 4.99. The van der Waals surface area contributed by atoms with Crippen LogP contribution < -0.4 is 10.6 Å². The van der Waals surface area contributed by atoms with Gasteiger partial charge in [0.25, 0.3) is 5.91 Å². The molecule has 0 spiro atoms. The van der Waals surface area contributed by atoms with Crippen LogP contribution in [-0.4, -0.2) is 18.4 Å². The Morgan fingerprint density at radius 1 is 1.09 bits per heavy atom. The summed E-state index contributed by atoms with van der Waals surface area (Å²) in [6.45, 7) is 3.86. The van der Waals surface area contributed by atoms with Gasteiger partial charge in [0.1, 0.15) is 0 Å². The fourth-order valence-electron chi connectivity index (χ4n) is 1.97. The molecule has 22 heavy (non-hydrogen) atoms. The molecule has 0 aromatic heterocycles. The first-order valence-electron chi connectivity index (χ1n) is 6.87. The largest absolute Gasteiger partial charge is 0.343 e. The number of amides is 2. The Morgan fingerprint density at radius 3 is 2.55 bits per heavy atom. The molecule has 0 aliphatic rings. The molecular formula is C17H17BrN2O2. The topological polar surface area (TPSA) is 58.2 Å². The molecule has 0 saturated carbocycles. The molecule has 114 valence electrons. The van der Waals surface area contributed by atoms with Crippen molar-refractivity contribution < 1.29 is 9.59 Å². The number of benzene rings is 2. The lowest BCUT2D eigenvalue weighted by Crippen LogP contribution is -2.33. The molecule has 0 bridgehead atoms. The van der Waals surface area contributed by atoms with Gasteiger partial charge in [0.05, 0.1) is 6.54 Å². The van der Waals surface area contributed by atoms with Crippen molar-refractivity contribution in [1.82, 2.24) is 5.32 Å². The van der Waals surface area contributed by atoms with E-state index < -0.39 is 0 Å². The van der Waals surface area contributed by atoms with Gasteiger partial charge in [-0.2, -0.15) is 0 Å². The highest BCUT2D eigenvalue weighted by Gasteiger charge is 2.09. The second kappa shape index (κ2) is 7.22. The van der Waals surface area contributed by atoms with E-state index in [1.54, 1.807) is 18.2 Å². The van der Waals surface area contributed by atoms with Crippen LogP contribution in [0.4, 0.5) is 5.69 Å². The van der Waals surface area contributed by atoms with E-state index in [2.05, 4.69) is 26.6 Å². The Labute approximate surface area is 138 Å². The average Bonchev–Trinajstić information content (AvgIpc) is 2.49. The highest BCUT2D eigenvalue weighted by atomic mass is 79.9. The Bertz CT molecular complexity index is 714. The minimum absolute atomic E-state index is 0.0707. The van der Waals surface area contributed by atoms with E-state index in [9.17, 15) is 9.59 Å². The molecule has 0 atom stereocenters. The van der Waals surface area contributed by atoms with Crippen molar-refractivity contribution in [1.29, 1.82) is 0 Å². The zero-order valence-corrected chi connectivity index (χ0v) is 14.0. The smallest absolute Gasteiger partial charge is 0.251 e. The minimum Gasteiger partial charge on any atom is -0.343 e. The maximum atomic E-state index is 12.0. The summed E-state index contributed by atoms with van der Waals surface area (Å²) >= 11 is 3.31. The van der Waals surface area contributed by atoms with Crippen molar-refractivity contribution in [2.75, 3.05) is 11.9 Å². The summed E-state index contributed by atoms with van der Waals surface area (Å²) < 4.78 is 0.819. The molecule has 4 nitrogen and oxygen atoms in total. The third-order valence-corrected chi connectivity index (χ3v) is 3.87. The van der Waals surface area contributed by atoms with Crippen molar-refractivity contribution in [3.05, 3.63) is 63.6 Å². The van der Waals surface area contributed by atoms with Crippen LogP contribution in [0.3, 0.4) is 0 Å². The molecule has 2 amide bonds. The molecule has 0 fully saturated rings. The van der Waals surface area contributed by atoms with E-state index in [1.165, 1.54) is 0 Å². The Balaban J connectivity index is 1.93. The van der Waals surface area contributed by atoms with Crippen LogP contribution in [0, 0.1) is 13.8 Å². The van der Waals surface area contributed by atoms with Crippen molar-refractivity contribution in [2.45, 2.75) is 13.8 Å². The van der Waals surface area contributed by atoms with Gasteiger partial charge < -0.3 is 10.6 Å². The zero-order valence-electron chi connectivity index (χ0n) is 12.4. The Hall–Kier alpha value is -2.14. The third-order valence-electron chi connectivity index (χ3n) is 3.38. The van der Waals surface area contributed by atoms with Crippen LogP contribution in [0.15, 0.2) is 46.9 Å². The van der Waals surface area contributed by atoms with Crippen molar-refractivity contribution in [3.8, 4) is 0 Å². The van der Waals surface area contributed by atoms with Gasteiger partial charge in [-0.05, 0) is 49.2 Å². The minimum atomic E-state index is -0.280. The van der Waals surface area contributed by atoms with Gasteiger partial charge >= 0.3 is 0 Å². The fraction of sp³-hybridized carbons (Fsp3) is 0.176. The third kappa shape index (κ3) is 4.18. The first-order valence-corrected chi connectivity index (χ1v) is 7.66. The summed E-state index contributed by atoms with van der Waals surface area (Å²) in [6, 6.07) is 12.7. The molecule has 2 aromatic carbocycles. The van der Waals surface area contributed by atoms with E-state index in [1.807, 2.05) is 38.1 Å². The van der Waals surface area contributed by atoms with Gasteiger partial charge in [-0.15, -0.1) is 0 Å². The predicted molar refractivity (Wildman–Crippen MR) is 91.0 cm³/mol. The van der Waals surface area contributed by atoms with Crippen molar-refractivity contribution >= 4 is 33.4 Å². The molecule has 2 rings (SSSR count). The van der Waals surface area contributed by atoms with E-state index in [0.29, 0.717) is 5.56 Å². The Morgan fingerprint density at radius 2 is 1.82 bits per heavy atom. The number of halogens is 1. The molecule has 0 heterocycles. The van der Waals surface area contributed by atoms with Crippen LogP contribution >= 0.6 is 15.9 Å². The number of hydrogen-bond acceptors (Lipinski definition) is 2. The van der Waals surface area contributed by atoms with Crippen LogP contribution in [0.2, 0.25) is 0 Å². The predicted octanol–water partition coefficient (Wildman–Crippen LogP) is 3.43. The number of anilines is 1. The highest BCUT2D eigenvalue weighted by molar-refractivity contribution is 9.10. The summed E-state index contributed by atoms with van der Waals surface area (Å²) in [7, 11) is 0. The molecule has 5 heteroatoms. The number of carbonyl (C=O) groups is 2. The lowest BCUT2D eigenvalue weighted by atomic mass is 10.1. The molecule has 0 unspecified atom stereocenters. The van der Waals surface area contributed by atoms with Gasteiger partial charge in [0, 0.05) is 15.7 Å². The van der Waals surface area contributed by atoms with Crippen LogP contribution in [0.1, 0.15) is 21.5 Å². The van der Waals surface area contributed by atoms with Crippen LogP contribution in [0.5, 0.6) is 0 Å². The SMILES string of the molecule is Cc1cccc(NC(=O)CNC(=O)c2cccc(Br)c2)c1C. The normalized spacial score (nSPS) is 10.1. The maximum Gasteiger partial charge on any atom is 0.251 e. The lowest BCUT2D eigenvalue weighted by molar-refractivity contribution is -0.115. The van der Waals surface area contributed by atoms with Crippen LogP contribution in [-0.2, 0) is 4.79 Å². The van der Waals surface area contributed by atoms with E-state index >= 15 is 0 Å². The van der Waals surface area contributed by atoms with Crippen molar-refractivity contribution in [3.63, 3.8) is 0 Å². The lowest BCUT2D eigenvalue weighted by Gasteiger charge is -2.11. The standard InChI is InChI=1S/C17H17BrN2O2/c1-11-5-3-8-15(12(11)2)20-16(21)10-19-17(22)13-6-4-7-14(18)9-13/h3-9H,10H2,1-2H3,(H,19,22)(H,20,21). The van der Waals surface area contributed by atoms with Gasteiger partial charge in [0.15, 0.2) is 0 Å². The average molecular weight is 361 g/mol. The summed E-state index contributed by atoms with van der Waals surface area (Å²) in [5, 5.41) is 5.41. The number of carbonyl (C=O) groups excluding carboxylic acids is 2. The highest BCUT2D eigenvalue weighted by Crippen LogP contribution is 2.17. The summed E-state index contributed by atoms with van der Waals surface area (Å²) in [4.78, 5) is 23.9. The van der Waals surface area contributed by atoms with Gasteiger partial charge in [0.2, 0.25) is 5.91 Å². The second-order valence-corrected chi connectivity index (χ2v) is 5.90. The monoisotopic (exact) mass is 360 g/mol. The van der Waals surface area contributed by atoms with E-state index in [4.69, 9.17) is 0 Å². The van der Waals surface area contributed by atoms with Gasteiger partial charge in [-0.1, -0.05) is 34.1 Å². The van der Waals surface area contributed by atoms with Crippen LogP contribution in [0.25, 0.3) is 0 Å². The Kier molecular flexibility index (Phi) is 5.33. The molecule has 2 aromatic rings. The molecule has 0 aliphatic carbocycles. The number of rotatable bonds is 4. The number of hydrogen-bond donors (Lipinski definition) is 2. The zero-order chi connectivity index (χ0) is 16.1. The first kappa shape index (κ1) is 16.2. The number of nitrogens with one attached hydrogen (secondary N) is 2. The van der Waals surface area contributed by atoms with E-state index in [0.717, 1.165) is 21.3 Å². The summed E-state index contributed by atoms with van der Waals surface area (Å²) in [5.74, 6) is -0.533. The number of aryl methyl sites for hydroxylation is 1. The molecule has 0 saturated heterocycles. The quantitative estimate of drug-likeness (QED) is 0.877. The van der Waals surface area contributed by atoms with Gasteiger partial charge in [-0.25, -0.2) is 0 Å².